The van der Waals surface area contributed by atoms with Crippen molar-refractivity contribution in [2.45, 2.75) is 0 Å². The van der Waals surface area contributed by atoms with E-state index in [-0.39, 0.29) is 5.91 Å². The van der Waals surface area contributed by atoms with Gasteiger partial charge in [0.15, 0.2) is 0 Å². The molecule has 0 aliphatic rings. The highest BCUT2D eigenvalue weighted by molar-refractivity contribution is 6.33. The van der Waals surface area contributed by atoms with Crippen molar-refractivity contribution < 1.29 is 4.79 Å². The largest absolute Gasteiger partial charge is 0.272 e. The summed E-state index contributed by atoms with van der Waals surface area (Å²) in [5.41, 5.74) is 4.55. The summed E-state index contributed by atoms with van der Waals surface area (Å²) in [5.74, 6) is -0.359. The highest BCUT2D eigenvalue weighted by Gasteiger charge is 2.07. The van der Waals surface area contributed by atoms with Crippen molar-refractivity contribution in [2.24, 2.45) is 5.10 Å². The monoisotopic (exact) mass is 324 g/mol. The molecule has 114 valence electrons. The summed E-state index contributed by atoms with van der Waals surface area (Å²) in [6.07, 6.45) is 5.01. The van der Waals surface area contributed by atoms with E-state index >= 15 is 0 Å². The molecular weight excluding hydrogens is 312 g/mol. The molecule has 2 aromatic carbocycles. The first-order valence-corrected chi connectivity index (χ1v) is 7.30. The van der Waals surface area contributed by atoms with E-state index < -0.39 is 0 Å². The Kier molecular flexibility index (Phi) is 4.49. The van der Waals surface area contributed by atoms with E-state index in [1.807, 2.05) is 36.5 Å². The van der Waals surface area contributed by atoms with Gasteiger partial charge in [0.25, 0.3) is 5.91 Å². The lowest BCUT2D eigenvalue weighted by molar-refractivity contribution is 0.0955. The summed E-state index contributed by atoms with van der Waals surface area (Å²) >= 11 is 5.96. The Morgan fingerprint density at radius 2 is 1.87 bits per heavy atom. The fourth-order valence-electron chi connectivity index (χ4n) is 2.00. The number of hydrazone groups is 1. The molecule has 6 heteroatoms. The summed E-state index contributed by atoms with van der Waals surface area (Å²) in [6.45, 7) is 0. The third-order valence-corrected chi connectivity index (χ3v) is 3.45. The first-order chi connectivity index (χ1) is 11.2. The molecule has 1 aromatic heterocycles. The van der Waals surface area contributed by atoms with Crippen LogP contribution < -0.4 is 5.43 Å². The molecule has 0 aliphatic carbocycles. The Bertz CT molecular complexity index is 843. The maximum atomic E-state index is 12.0. The molecule has 1 heterocycles. The number of para-hydroxylation sites is 1. The van der Waals surface area contributed by atoms with Crippen LogP contribution in [0.2, 0.25) is 5.02 Å². The number of nitrogens with one attached hydrogen (secondary N) is 1. The normalized spacial score (nSPS) is 10.8. The second-order valence-electron chi connectivity index (χ2n) is 4.73. The first-order valence-electron chi connectivity index (χ1n) is 6.92. The van der Waals surface area contributed by atoms with Gasteiger partial charge >= 0.3 is 0 Å². The molecule has 3 aromatic rings. The predicted molar refractivity (Wildman–Crippen MR) is 90.1 cm³/mol. The van der Waals surface area contributed by atoms with Crippen LogP contribution in [-0.2, 0) is 0 Å². The van der Waals surface area contributed by atoms with Crippen LogP contribution in [0.15, 0.2) is 72.1 Å². The number of carbonyl (C=O) groups is 1. The molecule has 1 N–H and O–H groups in total. The van der Waals surface area contributed by atoms with E-state index in [9.17, 15) is 4.79 Å². The maximum absolute atomic E-state index is 12.0. The minimum absolute atomic E-state index is 0.359. The smallest absolute Gasteiger partial charge is 0.267 e. The number of hydrogen-bond donors (Lipinski definition) is 1. The average Bonchev–Trinajstić information content (AvgIpc) is 3.05. The number of benzene rings is 2. The van der Waals surface area contributed by atoms with Crippen LogP contribution in [0.25, 0.3) is 5.69 Å². The number of rotatable bonds is 4. The van der Waals surface area contributed by atoms with E-state index in [2.05, 4.69) is 15.6 Å². The fourth-order valence-corrected chi connectivity index (χ4v) is 2.22. The van der Waals surface area contributed by atoms with Gasteiger partial charge in [0, 0.05) is 11.8 Å². The molecule has 3 rings (SSSR count). The van der Waals surface area contributed by atoms with Gasteiger partial charge in [-0.05, 0) is 24.3 Å². The molecule has 0 bridgehead atoms. The summed E-state index contributed by atoms with van der Waals surface area (Å²) < 4.78 is 1.73. The van der Waals surface area contributed by atoms with E-state index in [1.54, 1.807) is 35.1 Å². The number of halogens is 1. The lowest BCUT2D eigenvalue weighted by Crippen LogP contribution is -2.17. The average molecular weight is 325 g/mol. The molecule has 0 unspecified atom stereocenters. The van der Waals surface area contributed by atoms with E-state index in [4.69, 9.17) is 11.6 Å². The zero-order valence-electron chi connectivity index (χ0n) is 12.1. The van der Waals surface area contributed by atoms with Crippen LogP contribution in [0.4, 0.5) is 0 Å². The maximum Gasteiger partial charge on any atom is 0.272 e. The Labute approximate surface area is 138 Å². The summed E-state index contributed by atoms with van der Waals surface area (Å²) in [5, 5.41) is 8.56. The van der Waals surface area contributed by atoms with Crippen LogP contribution in [-0.4, -0.2) is 21.9 Å². The second-order valence-corrected chi connectivity index (χ2v) is 5.14. The third kappa shape index (κ3) is 3.64. The van der Waals surface area contributed by atoms with Gasteiger partial charge in [-0.25, -0.2) is 10.1 Å². The number of aromatic nitrogens is 2. The van der Waals surface area contributed by atoms with Crippen molar-refractivity contribution in [2.75, 3.05) is 0 Å². The van der Waals surface area contributed by atoms with Gasteiger partial charge in [-0.2, -0.15) is 10.2 Å². The Morgan fingerprint density at radius 1 is 1.13 bits per heavy atom. The molecule has 0 saturated heterocycles. The number of hydrogen-bond acceptors (Lipinski definition) is 3. The minimum Gasteiger partial charge on any atom is -0.267 e. The van der Waals surface area contributed by atoms with E-state index in [0.717, 1.165) is 11.3 Å². The topological polar surface area (TPSA) is 59.3 Å². The second kappa shape index (κ2) is 6.89. The molecule has 1 amide bonds. The first kappa shape index (κ1) is 15.0. The van der Waals surface area contributed by atoms with Crippen molar-refractivity contribution in [1.29, 1.82) is 0 Å². The van der Waals surface area contributed by atoms with Gasteiger partial charge in [-0.1, -0.05) is 41.9 Å². The Hall–Kier alpha value is -2.92. The SMILES string of the molecule is O=C(N/N=C\c1cnn(-c2ccccc2)c1)c1ccccc1Cl. The predicted octanol–water partition coefficient (Wildman–Crippen LogP) is 3.29. The van der Waals surface area contributed by atoms with Crippen LogP contribution in [0.5, 0.6) is 0 Å². The highest BCUT2D eigenvalue weighted by atomic mass is 35.5. The number of carbonyl (C=O) groups excluding carboxylic acids is 1. The van der Waals surface area contributed by atoms with Crippen LogP contribution in [0.1, 0.15) is 15.9 Å². The van der Waals surface area contributed by atoms with Crippen molar-refractivity contribution >= 4 is 23.7 Å². The molecule has 5 nitrogen and oxygen atoms in total. The Morgan fingerprint density at radius 3 is 2.65 bits per heavy atom. The third-order valence-electron chi connectivity index (χ3n) is 3.12. The minimum atomic E-state index is -0.359. The van der Waals surface area contributed by atoms with Crippen LogP contribution >= 0.6 is 11.6 Å². The fraction of sp³-hybridized carbons (Fsp3) is 0. The van der Waals surface area contributed by atoms with Gasteiger partial charge in [0.2, 0.25) is 0 Å². The standard InChI is InChI=1S/C17H13ClN4O/c18-16-9-5-4-8-15(16)17(23)21-19-10-13-11-20-22(12-13)14-6-2-1-3-7-14/h1-12H,(H,21,23)/b19-10-. The molecule has 0 fully saturated rings. The van der Waals surface area contributed by atoms with Crippen LogP contribution in [0.3, 0.4) is 0 Å². The molecular formula is C17H13ClN4O. The zero-order chi connectivity index (χ0) is 16.1. The van der Waals surface area contributed by atoms with Crippen molar-refractivity contribution in [3.63, 3.8) is 0 Å². The number of nitrogens with zero attached hydrogens (tertiary/aromatic N) is 3. The molecule has 0 saturated carbocycles. The van der Waals surface area contributed by atoms with Crippen molar-refractivity contribution in [3.8, 4) is 5.69 Å². The molecule has 0 radical (unpaired) electrons. The summed E-state index contributed by atoms with van der Waals surface area (Å²) in [7, 11) is 0. The van der Waals surface area contributed by atoms with Crippen LogP contribution in [0, 0.1) is 0 Å². The highest BCUT2D eigenvalue weighted by Crippen LogP contribution is 2.14. The van der Waals surface area contributed by atoms with Gasteiger partial charge < -0.3 is 0 Å². The van der Waals surface area contributed by atoms with Crippen molar-refractivity contribution in [3.05, 3.63) is 83.1 Å². The van der Waals surface area contributed by atoms with E-state index in [0.29, 0.717) is 10.6 Å². The van der Waals surface area contributed by atoms with Gasteiger partial charge in [0.05, 0.1) is 28.7 Å². The number of amides is 1. The van der Waals surface area contributed by atoms with Gasteiger partial charge in [-0.15, -0.1) is 0 Å². The van der Waals surface area contributed by atoms with Gasteiger partial charge in [0.1, 0.15) is 0 Å². The summed E-state index contributed by atoms with van der Waals surface area (Å²) in [6, 6.07) is 16.5. The Balaban J connectivity index is 1.66. The summed E-state index contributed by atoms with van der Waals surface area (Å²) in [4.78, 5) is 12.0. The van der Waals surface area contributed by atoms with E-state index in [1.165, 1.54) is 6.21 Å². The molecule has 0 atom stereocenters. The van der Waals surface area contributed by atoms with Gasteiger partial charge in [-0.3, -0.25) is 4.79 Å². The molecule has 0 spiro atoms. The quantitative estimate of drug-likeness (QED) is 0.591. The lowest BCUT2D eigenvalue weighted by Gasteiger charge is -2.01. The molecule has 23 heavy (non-hydrogen) atoms. The molecule has 0 aliphatic heterocycles. The zero-order valence-corrected chi connectivity index (χ0v) is 12.8. The van der Waals surface area contributed by atoms with Crippen molar-refractivity contribution in [1.82, 2.24) is 15.2 Å². The lowest BCUT2D eigenvalue weighted by atomic mass is 10.2.